The van der Waals surface area contributed by atoms with Crippen LogP contribution in [0.1, 0.15) is 18.9 Å². The summed E-state index contributed by atoms with van der Waals surface area (Å²) in [6, 6.07) is 5.28. The summed E-state index contributed by atoms with van der Waals surface area (Å²) in [5, 5.41) is 14.0. The Kier molecular flexibility index (Phi) is 5.98. The number of aliphatic hydroxyl groups is 1. The summed E-state index contributed by atoms with van der Waals surface area (Å²) in [6.07, 6.45) is -0.0892. The number of aliphatic hydroxyl groups excluding tert-OH is 1. The van der Waals surface area contributed by atoms with Gasteiger partial charge in [0.05, 0.1) is 6.10 Å². The number of benzene rings is 1. The van der Waals surface area contributed by atoms with E-state index in [-0.39, 0.29) is 6.54 Å². The van der Waals surface area contributed by atoms with E-state index in [1.54, 1.807) is 25.1 Å². The lowest BCUT2D eigenvalue weighted by Gasteiger charge is -2.08. The highest BCUT2D eigenvalue weighted by atomic mass is 79.9. The number of carbonyl (C=O) groups excluding carboxylic acids is 2. The molecule has 1 unspecified atom stereocenters. The minimum Gasteiger partial charge on any atom is -0.393 e. The fourth-order valence-corrected chi connectivity index (χ4v) is 1.63. The molecule has 0 saturated heterocycles. The van der Waals surface area contributed by atoms with E-state index in [1.807, 2.05) is 6.92 Å². The molecule has 0 spiro atoms. The van der Waals surface area contributed by atoms with Gasteiger partial charge in [0.1, 0.15) is 0 Å². The molecule has 0 aliphatic heterocycles. The molecule has 0 heterocycles. The zero-order valence-electron chi connectivity index (χ0n) is 10.9. The fourth-order valence-electron chi connectivity index (χ4n) is 1.39. The molecule has 2 amide bonds. The van der Waals surface area contributed by atoms with Gasteiger partial charge in [-0.05, 0) is 44.0 Å². The largest absolute Gasteiger partial charge is 0.393 e. The van der Waals surface area contributed by atoms with E-state index >= 15 is 0 Å². The minimum absolute atomic E-state index is 0.267. The van der Waals surface area contributed by atoms with E-state index in [4.69, 9.17) is 5.11 Å². The molecule has 0 aromatic heterocycles. The number of amides is 2. The van der Waals surface area contributed by atoms with Crippen LogP contribution in [0.4, 0.5) is 5.69 Å². The van der Waals surface area contributed by atoms with Crippen LogP contribution in [0.15, 0.2) is 22.7 Å². The van der Waals surface area contributed by atoms with Crippen LogP contribution in [0.25, 0.3) is 0 Å². The van der Waals surface area contributed by atoms with E-state index in [0.29, 0.717) is 12.1 Å². The molecule has 19 heavy (non-hydrogen) atoms. The molecule has 0 saturated carbocycles. The van der Waals surface area contributed by atoms with Crippen LogP contribution >= 0.6 is 15.9 Å². The van der Waals surface area contributed by atoms with E-state index in [9.17, 15) is 9.59 Å². The molecule has 0 fully saturated rings. The lowest BCUT2D eigenvalue weighted by molar-refractivity contribution is -0.136. The highest BCUT2D eigenvalue weighted by Gasteiger charge is 2.13. The quantitative estimate of drug-likeness (QED) is 0.734. The molecule has 0 bridgehead atoms. The maximum absolute atomic E-state index is 11.6. The van der Waals surface area contributed by atoms with Crippen LogP contribution in [0.5, 0.6) is 0 Å². The molecule has 5 nitrogen and oxygen atoms in total. The predicted octanol–water partition coefficient (Wildman–Crippen LogP) is 1.58. The Bertz CT molecular complexity index is 475. The molecule has 0 aliphatic carbocycles. The van der Waals surface area contributed by atoms with Crippen LogP contribution in [-0.2, 0) is 9.59 Å². The van der Waals surface area contributed by atoms with E-state index in [1.165, 1.54) is 0 Å². The summed E-state index contributed by atoms with van der Waals surface area (Å²) >= 11 is 3.36. The van der Waals surface area contributed by atoms with Crippen LogP contribution in [-0.4, -0.2) is 29.6 Å². The van der Waals surface area contributed by atoms with Gasteiger partial charge in [-0.3, -0.25) is 9.59 Å². The van der Waals surface area contributed by atoms with Crippen molar-refractivity contribution in [3.05, 3.63) is 28.2 Å². The van der Waals surface area contributed by atoms with Gasteiger partial charge < -0.3 is 15.7 Å². The molecule has 0 radical (unpaired) electrons. The molecular weight excluding hydrogens is 312 g/mol. The number of nitrogens with one attached hydrogen (secondary N) is 2. The van der Waals surface area contributed by atoms with Crippen LogP contribution < -0.4 is 10.6 Å². The number of hydrogen-bond acceptors (Lipinski definition) is 3. The summed E-state index contributed by atoms with van der Waals surface area (Å²) in [4.78, 5) is 23.1. The number of anilines is 1. The zero-order valence-corrected chi connectivity index (χ0v) is 12.5. The van der Waals surface area contributed by atoms with Crippen LogP contribution in [0.2, 0.25) is 0 Å². The molecule has 6 heteroatoms. The maximum Gasteiger partial charge on any atom is 0.313 e. The van der Waals surface area contributed by atoms with Crippen LogP contribution in [0.3, 0.4) is 0 Å². The first-order valence-corrected chi connectivity index (χ1v) is 6.73. The molecule has 3 N–H and O–H groups in total. The van der Waals surface area contributed by atoms with Gasteiger partial charge >= 0.3 is 11.8 Å². The summed E-state index contributed by atoms with van der Waals surface area (Å²) in [5.74, 6) is -1.42. The van der Waals surface area contributed by atoms with Gasteiger partial charge in [0.15, 0.2) is 0 Å². The monoisotopic (exact) mass is 328 g/mol. The third-order valence-corrected chi connectivity index (χ3v) is 3.36. The van der Waals surface area contributed by atoms with Crippen LogP contribution in [0, 0.1) is 6.92 Å². The first-order chi connectivity index (χ1) is 8.90. The zero-order chi connectivity index (χ0) is 14.4. The third-order valence-electron chi connectivity index (χ3n) is 2.47. The average molecular weight is 329 g/mol. The highest BCUT2D eigenvalue weighted by molar-refractivity contribution is 9.10. The summed E-state index contributed by atoms with van der Waals surface area (Å²) < 4.78 is 0.937. The number of aryl methyl sites for hydroxylation is 1. The molecule has 1 aromatic carbocycles. The molecule has 1 atom stereocenters. The topological polar surface area (TPSA) is 78.4 Å². The van der Waals surface area contributed by atoms with Gasteiger partial charge in [-0.25, -0.2) is 0 Å². The Hall–Kier alpha value is -1.40. The lowest BCUT2D eigenvalue weighted by atomic mass is 10.2. The van der Waals surface area contributed by atoms with E-state index in [2.05, 4.69) is 26.6 Å². The van der Waals surface area contributed by atoms with Crippen molar-refractivity contribution in [1.82, 2.24) is 5.32 Å². The van der Waals surface area contributed by atoms with Crippen molar-refractivity contribution in [3.63, 3.8) is 0 Å². The van der Waals surface area contributed by atoms with Gasteiger partial charge in [-0.2, -0.15) is 0 Å². The number of carbonyl (C=O) groups is 2. The van der Waals surface area contributed by atoms with Crippen molar-refractivity contribution in [2.75, 3.05) is 11.9 Å². The fraction of sp³-hybridized carbons (Fsp3) is 0.385. The number of rotatable bonds is 4. The molecule has 1 aromatic rings. The van der Waals surface area contributed by atoms with E-state index < -0.39 is 17.9 Å². The first-order valence-electron chi connectivity index (χ1n) is 5.93. The first kappa shape index (κ1) is 15.7. The summed E-state index contributed by atoms with van der Waals surface area (Å²) in [6.45, 7) is 3.78. The number of hydrogen-bond donors (Lipinski definition) is 3. The van der Waals surface area contributed by atoms with Crippen molar-refractivity contribution < 1.29 is 14.7 Å². The molecular formula is C13H17BrN2O3. The average Bonchev–Trinajstić information content (AvgIpc) is 2.33. The Balaban J connectivity index is 2.49. The molecule has 1 rings (SSSR count). The van der Waals surface area contributed by atoms with Gasteiger partial charge in [-0.15, -0.1) is 0 Å². The Morgan fingerprint density at radius 1 is 1.37 bits per heavy atom. The lowest BCUT2D eigenvalue weighted by Crippen LogP contribution is -2.36. The number of halogens is 1. The smallest absolute Gasteiger partial charge is 0.313 e. The predicted molar refractivity (Wildman–Crippen MR) is 76.8 cm³/mol. The Morgan fingerprint density at radius 2 is 2.05 bits per heavy atom. The van der Waals surface area contributed by atoms with Gasteiger partial charge in [-0.1, -0.05) is 15.9 Å². The Morgan fingerprint density at radius 3 is 2.63 bits per heavy atom. The van der Waals surface area contributed by atoms with Crippen molar-refractivity contribution >= 4 is 33.4 Å². The second-order valence-electron chi connectivity index (χ2n) is 4.31. The van der Waals surface area contributed by atoms with Crippen molar-refractivity contribution in [1.29, 1.82) is 0 Å². The standard InChI is InChI=1S/C13H17BrN2O3/c1-8-7-10(3-4-11(8)14)16-13(19)12(18)15-6-5-9(2)17/h3-4,7,9,17H,5-6H2,1-2H3,(H,15,18)(H,16,19). The second-order valence-corrected chi connectivity index (χ2v) is 5.17. The van der Waals surface area contributed by atoms with E-state index in [0.717, 1.165) is 10.0 Å². The molecule has 104 valence electrons. The molecule has 0 aliphatic rings. The minimum atomic E-state index is -0.715. The van der Waals surface area contributed by atoms with Gasteiger partial charge in [0, 0.05) is 16.7 Å². The van der Waals surface area contributed by atoms with Gasteiger partial charge in [0.25, 0.3) is 0 Å². The van der Waals surface area contributed by atoms with Crippen molar-refractivity contribution in [2.24, 2.45) is 0 Å². The Labute approximate surface area is 120 Å². The maximum atomic E-state index is 11.6. The third kappa shape index (κ3) is 5.40. The summed E-state index contributed by atoms with van der Waals surface area (Å²) in [5.41, 5.74) is 1.53. The summed E-state index contributed by atoms with van der Waals surface area (Å²) in [7, 11) is 0. The second kappa shape index (κ2) is 7.25. The van der Waals surface area contributed by atoms with Gasteiger partial charge in [0.2, 0.25) is 0 Å². The van der Waals surface area contributed by atoms with Crippen molar-refractivity contribution in [3.8, 4) is 0 Å². The highest BCUT2D eigenvalue weighted by Crippen LogP contribution is 2.19. The normalized spacial score (nSPS) is 11.8. The SMILES string of the molecule is Cc1cc(NC(=O)C(=O)NCCC(C)O)ccc1Br. The van der Waals surface area contributed by atoms with Crippen molar-refractivity contribution in [2.45, 2.75) is 26.4 Å².